The normalized spacial score (nSPS) is 12.4. The van der Waals surface area contributed by atoms with Crippen LogP contribution in [0.3, 0.4) is 0 Å². The van der Waals surface area contributed by atoms with Crippen molar-refractivity contribution in [1.29, 1.82) is 0 Å². The molecule has 0 aliphatic heterocycles. The van der Waals surface area contributed by atoms with E-state index in [4.69, 9.17) is 0 Å². The van der Waals surface area contributed by atoms with Crippen LogP contribution in [-0.4, -0.2) is 0 Å². The van der Waals surface area contributed by atoms with E-state index in [2.05, 4.69) is 20.8 Å². The van der Waals surface area contributed by atoms with Gasteiger partial charge in [-0.25, -0.2) is 0 Å². The molecule has 0 bridgehead atoms. The topological polar surface area (TPSA) is 0 Å². The van der Waals surface area contributed by atoms with Crippen molar-refractivity contribution in [2.24, 2.45) is 5.92 Å². The lowest BCUT2D eigenvalue weighted by molar-refractivity contribution is 0.429. The average Bonchev–Trinajstić information content (AvgIpc) is 2.84. The molecule has 0 nitrogen and oxygen atoms in total. The second-order valence-electron chi connectivity index (χ2n) is 11.9. The quantitative estimate of drug-likeness (QED) is 0.0900. The minimum atomic E-state index is 0.967. The van der Waals surface area contributed by atoms with Gasteiger partial charge >= 0.3 is 0 Å². The number of hydrogen-bond acceptors (Lipinski definition) is 0. The largest absolute Gasteiger partial charge is 0.0654 e. The summed E-state index contributed by atoms with van der Waals surface area (Å²) in [7, 11) is 0. The van der Waals surface area contributed by atoms with E-state index in [0.29, 0.717) is 0 Å². The van der Waals surface area contributed by atoms with E-state index in [-0.39, 0.29) is 0 Å². The zero-order chi connectivity index (χ0) is 24.8. The van der Waals surface area contributed by atoms with E-state index >= 15 is 0 Å². The van der Waals surface area contributed by atoms with Gasteiger partial charge < -0.3 is 0 Å². The van der Waals surface area contributed by atoms with E-state index in [1.165, 1.54) is 193 Å². The van der Waals surface area contributed by atoms with E-state index in [1.807, 2.05) is 0 Å². The van der Waals surface area contributed by atoms with Gasteiger partial charge in [-0.15, -0.1) is 0 Å². The van der Waals surface area contributed by atoms with Crippen LogP contribution in [-0.2, 0) is 0 Å². The van der Waals surface area contributed by atoms with Gasteiger partial charge in [0.15, 0.2) is 0 Å². The lowest BCUT2D eigenvalue weighted by atomic mass is 9.95. The Morgan fingerprint density at radius 2 is 0.441 bits per heavy atom. The smallest absolute Gasteiger partial charge is 0.0443 e. The summed E-state index contributed by atoms with van der Waals surface area (Å²) in [5, 5.41) is 0. The van der Waals surface area contributed by atoms with Crippen LogP contribution in [0.1, 0.15) is 213 Å². The molecule has 0 radical (unpaired) electrons. The molecule has 0 N–H and O–H groups in total. The lowest BCUT2D eigenvalue weighted by Gasteiger charge is -2.11. The van der Waals surface area contributed by atoms with Crippen molar-refractivity contribution in [3.05, 3.63) is 0 Å². The van der Waals surface area contributed by atoms with Gasteiger partial charge in [0.2, 0.25) is 0 Å². The van der Waals surface area contributed by atoms with Gasteiger partial charge in [-0.2, -0.15) is 0 Å². The summed E-state index contributed by atoms with van der Waals surface area (Å²) in [6, 6.07) is 0. The minimum absolute atomic E-state index is 0.967. The molecule has 1 unspecified atom stereocenters. The van der Waals surface area contributed by atoms with Crippen molar-refractivity contribution < 1.29 is 0 Å². The first-order chi connectivity index (χ1) is 16.8. The highest BCUT2D eigenvalue weighted by atomic mass is 14.1. The Bertz CT molecular complexity index is 333. The van der Waals surface area contributed by atoms with Crippen LogP contribution in [0.5, 0.6) is 0 Å². The van der Waals surface area contributed by atoms with E-state index in [1.54, 1.807) is 0 Å². The molecule has 0 aromatic heterocycles. The fourth-order valence-electron chi connectivity index (χ4n) is 5.52. The number of rotatable bonds is 30. The zero-order valence-electron chi connectivity index (χ0n) is 24.8. The Hall–Kier alpha value is 0. The van der Waals surface area contributed by atoms with Crippen LogP contribution < -0.4 is 0 Å². The molecule has 0 saturated carbocycles. The van der Waals surface area contributed by atoms with Crippen LogP contribution in [0.25, 0.3) is 0 Å². The van der Waals surface area contributed by atoms with Gasteiger partial charge in [0.1, 0.15) is 0 Å². The van der Waals surface area contributed by atoms with Crippen LogP contribution in [0.15, 0.2) is 0 Å². The van der Waals surface area contributed by atoms with Gasteiger partial charge in [0, 0.05) is 0 Å². The molecule has 1 atom stereocenters. The minimum Gasteiger partial charge on any atom is -0.0654 e. The summed E-state index contributed by atoms with van der Waals surface area (Å²) >= 11 is 0. The van der Waals surface area contributed by atoms with Crippen LogP contribution in [0, 0.1) is 5.92 Å². The van der Waals surface area contributed by atoms with Crippen molar-refractivity contribution in [1.82, 2.24) is 0 Å². The molecule has 0 aliphatic carbocycles. The van der Waals surface area contributed by atoms with Gasteiger partial charge in [-0.1, -0.05) is 213 Å². The summed E-state index contributed by atoms with van der Waals surface area (Å²) in [5.74, 6) is 0.967. The average molecular weight is 479 g/mol. The molecular weight excluding hydrogens is 408 g/mol. The maximum Gasteiger partial charge on any atom is -0.0443 e. The van der Waals surface area contributed by atoms with E-state index < -0.39 is 0 Å². The first-order valence-corrected chi connectivity index (χ1v) is 16.8. The molecule has 0 aromatic carbocycles. The van der Waals surface area contributed by atoms with Crippen molar-refractivity contribution in [3.8, 4) is 0 Å². The second-order valence-corrected chi connectivity index (χ2v) is 11.9. The molecule has 0 spiro atoms. The molecule has 0 aromatic rings. The SMILES string of the molecule is CCCCCCCCCCCCCCCCCC(C)CCCCCCCCCCCCCCC. The first kappa shape index (κ1) is 34.0. The molecular formula is C34H70. The fraction of sp³-hybridized carbons (Fsp3) is 1.00. The number of unbranched alkanes of at least 4 members (excludes halogenated alkanes) is 26. The highest BCUT2D eigenvalue weighted by Crippen LogP contribution is 2.19. The van der Waals surface area contributed by atoms with E-state index in [0.717, 1.165) is 5.92 Å². The molecule has 0 fully saturated rings. The third kappa shape index (κ3) is 30.0. The molecule has 0 aliphatic rings. The van der Waals surface area contributed by atoms with E-state index in [9.17, 15) is 0 Å². The standard InChI is InChI=1S/C34H70/c1-4-6-8-10-12-14-16-18-19-21-23-25-27-29-31-33-34(3)32-30-28-26-24-22-20-17-15-13-11-9-7-5-2/h34H,4-33H2,1-3H3. The molecule has 206 valence electrons. The Morgan fingerprint density at radius 3 is 0.647 bits per heavy atom. The van der Waals surface area contributed by atoms with Crippen molar-refractivity contribution in [2.75, 3.05) is 0 Å². The lowest BCUT2D eigenvalue weighted by Crippen LogP contribution is -1.95. The van der Waals surface area contributed by atoms with Gasteiger partial charge in [-0.3, -0.25) is 0 Å². The van der Waals surface area contributed by atoms with Gasteiger partial charge in [-0.05, 0) is 5.92 Å². The summed E-state index contributed by atoms with van der Waals surface area (Å²) in [6.07, 6.45) is 44.2. The summed E-state index contributed by atoms with van der Waals surface area (Å²) in [5.41, 5.74) is 0. The molecule has 0 heteroatoms. The maximum atomic E-state index is 2.50. The Morgan fingerprint density at radius 1 is 0.265 bits per heavy atom. The van der Waals surface area contributed by atoms with Gasteiger partial charge in [0.25, 0.3) is 0 Å². The zero-order valence-corrected chi connectivity index (χ0v) is 24.8. The van der Waals surface area contributed by atoms with Crippen molar-refractivity contribution in [3.63, 3.8) is 0 Å². The molecule has 0 rings (SSSR count). The Balaban J connectivity index is 3.13. The maximum absolute atomic E-state index is 2.50. The second kappa shape index (κ2) is 31.0. The Labute approximate surface area is 219 Å². The molecule has 34 heavy (non-hydrogen) atoms. The molecule has 0 saturated heterocycles. The highest BCUT2D eigenvalue weighted by Gasteiger charge is 2.02. The van der Waals surface area contributed by atoms with Crippen LogP contribution in [0.2, 0.25) is 0 Å². The summed E-state index contributed by atoms with van der Waals surface area (Å²) < 4.78 is 0. The summed E-state index contributed by atoms with van der Waals surface area (Å²) in [4.78, 5) is 0. The predicted molar refractivity (Wildman–Crippen MR) is 159 cm³/mol. The molecule has 0 amide bonds. The number of hydrogen-bond donors (Lipinski definition) is 0. The highest BCUT2D eigenvalue weighted by molar-refractivity contribution is 4.56. The third-order valence-electron chi connectivity index (χ3n) is 8.10. The predicted octanol–water partition coefficient (Wildman–Crippen LogP) is 13.4. The fourth-order valence-corrected chi connectivity index (χ4v) is 5.52. The van der Waals surface area contributed by atoms with Crippen LogP contribution >= 0.6 is 0 Å². The monoisotopic (exact) mass is 479 g/mol. The van der Waals surface area contributed by atoms with Crippen molar-refractivity contribution in [2.45, 2.75) is 213 Å². The van der Waals surface area contributed by atoms with Gasteiger partial charge in [0.05, 0.1) is 0 Å². The summed E-state index contributed by atoms with van der Waals surface area (Å²) in [6.45, 7) is 7.12. The van der Waals surface area contributed by atoms with Crippen LogP contribution in [0.4, 0.5) is 0 Å². The first-order valence-electron chi connectivity index (χ1n) is 16.8. The Kier molecular flexibility index (Phi) is 31.0. The third-order valence-corrected chi connectivity index (χ3v) is 8.10. The molecule has 0 heterocycles. The van der Waals surface area contributed by atoms with Crippen molar-refractivity contribution >= 4 is 0 Å².